The Labute approximate surface area is 184 Å². The summed E-state index contributed by atoms with van der Waals surface area (Å²) in [6.07, 6.45) is 0.244. The van der Waals surface area contributed by atoms with E-state index in [1.165, 1.54) is 0 Å². The summed E-state index contributed by atoms with van der Waals surface area (Å²) in [6, 6.07) is 12.7. The Kier molecular flexibility index (Phi) is 9.99. The number of ether oxygens (including phenoxy) is 2. The molecule has 1 unspecified atom stereocenters. The predicted octanol–water partition coefficient (Wildman–Crippen LogP) is 2.74. The van der Waals surface area contributed by atoms with E-state index < -0.39 is 17.2 Å². The normalized spacial score (nSPS) is 11.5. The third-order valence-corrected chi connectivity index (χ3v) is 5.32. The molecule has 0 saturated heterocycles. The van der Waals surface area contributed by atoms with Gasteiger partial charge in [0.05, 0.1) is 6.61 Å². The summed E-state index contributed by atoms with van der Waals surface area (Å²) in [5, 5.41) is 5.29. The van der Waals surface area contributed by atoms with Crippen LogP contribution in [0.1, 0.15) is 29.5 Å². The molecule has 8 nitrogen and oxygen atoms in total. The largest absolute Gasteiger partial charge is 0.768 e. The lowest BCUT2D eigenvalue weighted by Gasteiger charge is -2.15. The van der Waals surface area contributed by atoms with Crippen LogP contribution in [0, 0.1) is 13.8 Å². The van der Waals surface area contributed by atoms with Crippen LogP contribution >= 0.6 is 0 Å². The van der Waals surface area contributed by atoms with Crippen molar-refractivity contribution in [2.75, 3.05) is 19.7 Å². The number of benzene rings is 2. The van der Waals surface area contributed by atoms with Crippen LogP contribution in [0.5, 0.6) is 5.75 Å². The van der Waals surface area contributed by atoms with Crippen LogP contribution in [0.25, 0.3) is 0 Å². The summed E-state index contributed by atoms with van der Waals surface area (Å²) in [5.41, 5.74) is 2.14. The first kappa shape index (κ1) is 24.4. The van der Waals surface area contributed by atoms with Crippen molar-refractivity contribution < 1.29 is 27.8 Å². The van der Waals surface area contributed by atoms with E-state index in [-0.39, 0.29) is 30.4 Å². The van der Waals surface area contributed by atoms with Gasteiger partial charge in [0.1, 0.15) is 12.4 Å². The van der Waals surface area contributed by atoms with Crippen molar-refractivity contribution in [3.63, 3.8) is 0 Å². The fraction of sp³-hybridized carbons (Fsp3) is 0.364. The molecule has 0 aliphatic rings. The highest BCUT2D eigenvalue weighted by Gasteiger charge is 2.08. The summed E-state index contributed by atoms with van der Waals surface area (Å²) in [7, 11) is 0. The average molecular weight is 448 g/mol. The number of hydrogen-bond donors (Lipinski definition) is 2. The maximum Gasteiger partial charge on any atom is 0.407 e. The van der Waals surface area contributed by atoms with Crippen LogP contribution in [-0.4, -0.2) is 40.5 Å². The highest BCUT2D eigenvalue weighted by atomic mass is 32.2. The fourth-order valence-corrected chi connectivity index (χ4v) is 3.55. The topological polar surface area (TPSA) is 117 Å². The predicted molar refractivity (Wildman–Crippen MR) is 115 cm³/mol. The average Bonchev–Trinajstić information content (AvgIpc) is 2.73. The molecule has 2 aromatic carbocycles. The van der Waals surface area contributed by atoms with Crippen molar-refractivity contribution in [2.45, 2.75) is 38.2 Å². The van der Waals surface area contributed by atoms with Crippen LogP contribution < -0.4 is 15.4 Å². The number of rotatable bonds is 11. The SMILES string of the molecule is Cc1cc(OCCCC(=O)NCCNC(=O)OCc2ccccc2)cc(C)c1S(=O)[O-]. The molecule has 0 spiro atoms. The Morgan fingerprint density at radius 2 is 1.68 bits per heavy atom. The molecule has 2 N–H and O–H groups in total. The Balaban J connectivity index is 1.56. The van der Waals surface area contributed by atoms with Gasteiger partial charge in [0.15, 0.2) is 0 Å². The summed E-state index contributed by atoms with van der Waals surface area (Å²) in [5.74, 6) is 0.426. The zero-order chi connectivity index (χ0) is 22.6. The van der Waals surface area contributed by atoms with Crippen molar-refractivity contribution in [2.24, 2.45) is 0 Å². The van der Waals surface area contributed by atoms with Gasteiger partial charge in [0, 0.05) is 24.4 Å². The van der Waals surface area contributed by atoms with Crippen molar-refractivity contribution in [1.82, 2.24) is 10.6 Å². The molecule has 2 rings (SSSR count). The van der Waals surface area contributed by atoms with E-state index in [9.17, 15) is 18.4 Å². The van der Waals surface area contributed by atoms with Crippen LogP contribution in [0.3, 0.4) is 0 Å². The number of amides is 2. The maximum atomic E-state index is 11.9. The lowest BCUT2D eigenvalue weighted by atomic mass is 10.1. The van der Waals surface area contributed by atoms with E-state index in [0.29, 0.717) is 36.4 Å². The molecular formula is C22H27N2O6S-. The molecule has 0 aliphatic heterocycles. The molecule has 31 heavy (non-hydrogen) atoms. The third-order valence-electron chi connectivity index (χ3n) is 4.35. The minimum atomic E-state index is -2.28. The molecule has 0 aliphatic carbocycles. The van der Waals surface area contributed by atoms with Crippen molar-refractivity contribution in [3.05, 3.63) is 59.2 Å². The first-order chi connectivity index (χ1) is 14.9. The molecule has 1 atom stereocenters. The van der Waals surface area contributed by atoms with Crippen LogP contribution in [-0.2, 0) is 27.2 Å². The lowest BCUT2D eigenvalue weighted by Crippen LogP contribution is -2.34. The summed E-state index contributed by atoms with van der Waals surface area (Å²) < 4.78 is 33.1. The van der Waals surface area contributed by atoms with Gasteiger partial charge >= 0.3 is 6.09 Å². The zero-order valence-corrected chi connectivity index (χ0v) is 18.5. The van der Waals surface area contributed by atoms with Gasteiger partial charge < -0.3 is 24.7 Å². The van der Waals surface area contributed by atoms with Gasteiger partial charge in [-0.1, -0.05) is 30.3 Å². The number of hydrogen-bond acceptors (Lipinski definition) is 6. The van der Waals surface area contributed by atoms with E-state index >= 15 is 0 Å². The molecule has 0 radical (unpaired) electrons. The van der Waals surface area contributed by atoms with Gasteiger partial charge in [-0.2, -0.15) is 0 Å². The van der Waals surface area contributed by atoms with E-state index in [2.05, 4.69) is 10.6 Å². The highest BCUT2D eigenvalue weighted by molar-refractivity contribution is 7.79. The van der Waals surface area contributed by atoms with Gasteiger partial charge in [-0.05, 0) is 60.2 Å². The minimum absolute atomic E-state index is 0.146. The van der Waals surface area contributed by atoms with Crippen LogP contribution in [0.2, 0.25) is 0 Å². The molecule has 0 heterocycles. The van der Waals surface area contributed by atoms with Crippen molar-refractivity contribution >= 4 is 23.1 Å². The molecule has 0 saturated carbocycles. The number of alkyl carbamates (subject to hydrolysis) is 1. The lowest BCUT2D eigenvalue weighted by molar-refractivity contribution is -0.121. The molecule has 168 valence electrons. The molecule has 0 fully saturated rings. The fourth-order valence-electron chi connectivity index (χ4n) is 2.91. The number of carbonyl (C=O) groups is 2. The van der Waals surface area contributed by atoms with Crippen LogP contribution in [0.15, 0.2) is 47.4 Å². The first-order valence-corrected chi connectivity index (χ1v) is 11.0. The van der Waals surface area contributed by atoms with Gasteiger partial charge in [0.2, 0.25) is 5.91 Å². The van der Waals surface area contributed by atoms with E-state index in [4.69, 9.17) is 9.47 Å². The van der Waals surface area contributed by atoms with Gasteiger partial charge in [-0.3, -0.25) is 9.00 Å². The van der Waals surface area contributed by atoms with Crippen molar-refractivity contribution in [3.8, 4) is 5.75 Å². The second-order valence-corrected chi connectivity index (χ2v) is 7.79. The Morgan fingerprint density at radius 3 is 2.32 bits per heavy atom. The standard InChI is InChI=1S/C22H28N2O6S/c1-16-13-19(14-17(2)21(16)31(27)28)29-12-6-9-20(25)23-10-11-24-22(26)30-15-18-7-4-3-5-8-18/h3-5,7-8,13-14H,6,9-12,15H2,1-2H3,(H,23,25)(H,24,26)(H,27,28)/p-1. The monoisotopic (exact) mass is 447 g/mol. The highest BCUT2D eigenvalue weighted by Crippen LogP contribution is 2.24. The van der Waals surface area contributed by atoms with Crippen molar-refractivity contribution in [1.29, 1.82) is 0 Å². The smallest absolute Gasteiger partial charge is 0.407 e. The van der Waals surface area contributed by atoms with E-state index in [0.717, 1.165) is 5.56 Å². The van der Waals surface area contributed by atoms with Crippen LogP contribution in [0.4, 0.5) is 4.79 Å². The van der Waals surface area contributed by atoms with Gasteiger partial charge in [-0.25, -0.2) is 4.79 Å². The molecule has 0 bridgehead atoms. The quantitative estimate of drug-likeness (QED) is 0.404. The second-order valence-electron chi connectivity index (χ2n) is 6.91. The number of nitrogens with one attached hydrogen (secondary N) is 2. The summed E-state index contributed by atoms with van der Waals surface area (Å²) in [6.45, 7) is 4.51. The summed E-state index contributed by atoms with van der Waals surface area (Å²) >= 11 is -2.28. The van der Waals surface area contributed by atoms with Gasteiger partial charge in [0.25, 0.3) is 0 Å². The maximum absolute atomic E-state index is 11.9. The summed E-state index contributed by atoms with van der Waals surface area (Å²) in [4.78, 5) is 23.8. The first-order valence-electron chi connectivity index (χ1n) is 9.91. The molecule has 2 amide bonds. The Morgan fingerprint density at radius 1 is 1.03 bits per heavy atom. The molecule has 9 heteroatoms. The third kappa shape index (κ3) is 8.77. The number of aryl methyl sites for hydroxylation is 2. The zero-order valence-electron chi connectivity index (χ0n) is 17.6. The van der Waals surface area contributed by atoms with E-state index in [1.54, 1.807) is 26.0 Å². The Hall–Kier alpha value is -2.91. The molecule has 2 aromatic rings. The Bertz CT molecular complexity index is 881. The second kappa shape index (κ2) is 12.7. The van der Waals surface area contributed by atoms with E-state index in [1.807, 2.05) is 30.3 Å². The van der Waals surface area contributed by atoms with Gasteiger partial charge in [-0.15, -0.1) is 0 Å². The molecular weight excluding hydrogens is 420 g/mol. The molecule has 0 aromatic heterocycles. The number of carbonyl (C=O) groups excluding carboxylic acids is 2. The minimum Gasteiger partial charge on any atom is -0.768 e.